The molecular weight excluding hydrogens is 350 g/mol. The predicted octanol–water partition coefficient (Wildman–Crippen LogP) is 3.58. The van der Waals surface area contributed by atoms with Gasteiger partial charge in [0.2, 0.25) is 0 Å². The van der Waals surface area contributed by atoms with Crippen LogP contribution < -0.4 is 4.74 Å². The van der Waals surface area contributed by atoms with Crippen molar-refractivity contribution < 1.29 is 13.6 Å². The highest BCUT2D eigenvalue weighted by Crippen LogP contribution is 2.54. The standard InChI is InChI=1S/C20H16ClN3O2/c1-23-15-9-13(17-14-8-11(21)4-6-24(14)22-18(15)17)16-12(20(23)25)3-2-10-5-7-26-19(10)16/h2-4,6,8,13,15H,5,7,9H2,1H3/t13-,15-/m1/s1/i1D3. The molecule has 3 aliphatic rings. The van der Waals surface area contributed by atoms with Crippen LogP contribution in [0.25, 0.3) is 5.52 Å². The first kappa shape index (κ1) is 12.0. The number of benzene rings is 1. The number of hydrogen-bond donors (Lipinski definition) is 0. The van der Waals surface area contributed by atoms with Gasteiger partial charge in [-0.05, 0) is 30.2 Å². The molecule has 0 N–H and O–H groups in total. The summed E-state index contributed by atoms with van der Waals surface area (Å²) in [6.07, 6.45) is 3.01. The summed E-state index contributed by atoms with van der Waals surface area (Å²) in [4.78, 5) is 14.4. The van der Waals surface area contributed by atoms with Crippen LogP contribution >= 0.6 is 11.6 Å². The smallest absolute Gasteiger partial charge is 0.254 e. The molecule has 4 heterocycles. The van der Waals surface area contributed by atoms with Gasteiger partial charge in [-0.3, -0.25) is 4.79 Å². The van der Waals surface area contributed by atoms with E-state index in [1.54, 1.807) is 22.8 Å². The summed E-state index contributed by atoms with van der Waals surface area (Å²) in [5, 5.41) is 5.24. The summed E-state index contributed by atoms with van der Waals surface area (Å²) in [6.45, 7) is -2.02. The highest BCUT2D eigenvalue weighted by Gasteiger charge is 2.46. The Bertz CT molecular complexity index is 1220. The van der Waals surface area contributed by atoms with Crippen molar-refractivity contribution in [3.8, 4) is 5.75 Å². The Morgan fingerprint density at radius 3 is 3.15 bits per heavy atom. The molecule has 6 heteroatoms. The first-order chi connectivity index (χ1) is 13.8. The molecule has 1 amide bonds. The van der Waals surface area contributed by atoms with Crippen molar-refractivity contribution in [2.24, 2.45) is 0 Å². The van der Waals surface area contributed by atoms with Crippen molar-refractivity contribution in [3.05, 3.63) is 63.4 Å². The Kier molecular flexibility index (Phi) is 2.21. The molecule has 0 fully saturated rings. The van der Waals surface area contributed by atoms with Crippen LogP contribution in [0.4, 0.5) is 0 Å². The van der Waals surface area contributed by atoms with E-state index in [4.69, 9.17) is 20.5 Å². The van der Waals surface area contributed by atoms with Crippen molar-refractivity contribution >= 4 is 23.0 Å². The zero-order chi connectivity index (χ0) is 20.1. The third-order valence-corrected chi connectivity index (χ3v) is 6.03. The number of halogens is 1. The molecule has 0 spiro atoms. The molecule has 2 aliphatic heterocycles. The first-order valence-corrected chi connectivity index (χ1v) is 9.02. The molecule has 0 radical (unpaired) electrons. The van der Waals surface area contributed by atoms with Gasteiger partial charge in [0.15, 0.2) is 0 Å². The third kappa shape index (κ3) is 1.67. The molecule has 2 bridgehead atoms. The van der Waals surface area contributed by atoms with Crippen LogP contribution in [0.5, 0.6) is 5.75 Å². The van der Waals surface area contributed by atoms with Crippen molar-refractivity contribution in [2.45, 2.75) is 24.8 Å². The Hall–Kier alpha value is -2.53. The SMILES string of the molecule is [2H]C([2H])([2H])N1C(=O)c2ccc3c(c2[C@H]2C[C@@H]1c1nn4ccc(Cl)cc4c12)OCC3. The molecule has 2 aromatic heterocycles. The molecule has 1 aromatic carbocycles. The van der Waals surface area contributed by atoms with Crippen molar-refractivity contribution in [3.63, 3.8) is 0 Å². The maximum atomic E-state index is 13.4. The summed E-state index contributed by atoms with van der Waals surface area (Å²) < 4.78 is 31.8. The molecule has 1 aliphatic carbocycles. The van der Waals surface area contributed by atoms with Crippen LogP contribution in [0.1, 0.15) is 55.2 Å². The lowest BCUT2D eigenvalue weighted by atomic mass is 9.87. The molecule has 5 nitrogen and oxygen atoms in total. The van der Waals surface area contributed by atoms with Gasteiger partial charge in [0.25, 0.3) is 5.91 Å². The summed E-state index contributed by atoms with van der Waals surface area (Å²) >= 11 is 6.25. The van der Waals surface area contributed by atoms with Gasteiger partial charge in [-0.1, -0.05) is 17.7 Å². The number of amides is 1. The molecule has 2 atom stereocenters. The fourth-order valence-corrected chi connectivity index (χ4v) is 4.84. The number of aromatic nitrogens is 2. The minimum Gasteiger partial charge on any atom is -0.493 e. The van der Waals surface area contributed by atoms with Gasteiger partial charge in [0.1, 0.15) is 5.75 Å². The topological polar surface area (TPSA) is 46.8 Å². The Morgan fingerprint density at radius 1 is 1.35 bits per heavy atom. The van der Waals surface area contributed by atoms with Crippen LogP contribution in [-0.2, 0) is 6.42 Å². The van der Waals surface area contributed by atoms with E-state index in [2.05, 4.69) is 5.10 Å². The van der Waals surface area contributed by atoms with E-state index in [0.29, 0.717) is 29.3 Å². The maximum Gasteiger partial charge on any atom is 0.254 e. The molecule has 0 saturated heterocycles. The second-order valence-corrected chi connectivity index (χ2v) is 7.50. The van der Waals surface area contributed by atoms with Gasteiger partial charge in [-0.15, -0.1) is 0 Å². The quantitative estimate of drug-likeness (QED) is 0.609. The van der Waals surface area contributed by atoms with E-state index in [1.807, 2.05) is 12.1 Å². The predicted molar refractivity (Wildman–Crippen MR) is 97.1 cm³/mol. The number of carbonyl (C=O) groups is 1. The highest BCUT2D eigenvalue weighted by molar-refractivity contribution is 6.30. The average molecular weight is 369 g/mol. The summed E-state index contributed by atoms with van der Waals surface area (Å²) in [5.74, 6) is 0.0538. The average Bonchev–Trinajstić information content (AvgIpc) is 3.32. The van der Waals surface area contributed by atoms with Gasteiger partial charge in [0, 0.05) is 51.3 Å². The maximum absolute atomic E-state index is 13.4. The molecular formula is C20H16ClN3O2. The van der Waals surface area contributed by atoms with Crippen molar-refractivity contribution in [1.82, 2.24) is 14.5 Å². The van der Waals surface area contributed by atoms with Crippen LogP contribution in [0.3, 0.4) is 0 Å². The normalized spacial score (nSPS) is 25.0. The van der Waals surface area contributed by atoms with Gasteiger partial charge in [0.05, 0.1) is 23.9 Å². The third-order valence-electron chi connectivity index (χ3n) is 5.79. The number of rotatable bonds is 0. The molecule has 6 rings (SSSR count). The highest BCUT2D eigenvalue weighted by atomic mass is 35.5. The number of nitrogens with zero attached hydrogens (tertiary/aromatic N) is 3. The minimum absolute atomic E-state index is 0.176. The Labute approximate surface area is 159 Å². The van der Waals surface area contributed by atoms with Crippen LogP contribution in [0.2, 0.25) is 5.02 Å². The van der Waals surface area contributed by atoms with E-state index >= 15 is 0 Å². The second kappa shape index (κ2) is 4.80. The van der Waals surface area contributed by atoms with Gasteiger partial charge < -0.3 is 9.64 Å². The van der Waals surface area contributed by atoms with Crippen molar-refractivity contribution in [1.29, 1.82) is 0 Å². The zero-order valence-corrected chi connectivity index (χ0v) is 14.5. The van der Waals surface area contributed by atoms with E-state index < -0.39 is 18.9 Å². The second-order valence-electron chi connectivity index (χ2n) is 7.07. The minimum atomic E-state index is -2.58. The fourth-order valence-electron chi connectivity index (χ4n) is 4.68. The molecule has 130 valence electrons. The lowest BCUT2D eigenvalue weighted by Crippen LogP contribution is -2.30. The van der Waals surface area contributed by atoms with Crippen LogP contribution in [0, 0.1) is 0 Å². The molecule has 0 unspecified atom stereocenters. The lowest BCUT2D eigenvalue weighted by molar-refractivity contribution is 0.0734. The van der Waals surface area contributed by atoms with Crippen LogP contribution in [0.15, 0.2) is 30.5 Å². The number of carbonyl (C=O) groups excluding carboxylic acids is 1. The number of ether oxygens (including phenoxy) is 1. The molecule has 26 heavy (non-hydrogen) atoms. The fraction of sp³-hybridized carbons (Fsp3) is 0.300. The number of hydrogen-bond acceptors (Lipinski definition) is 3. The molecule has 0 saturated carbocycles. The van der Waals surface area contributed by atoms with Gasteiger partial charge >= 0.3 is 0 Å². The summed E-state index contributed by atoms with van der Waals surface area (Å²) in [6, 6.07) is 6.59. The largest absolute Gasteiger partial charge is 0.493 e. The lowest BCUT2D eigenvalue weighted by Gasteiger charge is -2.23. The summed E-state index contributed by atoms with van der Waals surface area (Å²) in [7, 11) is 0. The van der Waals surface area contributed by atoms with E-state index in [-0.39, 0.29) is 5.92 Å². The van der Waals surface area contributed by atoms with Gasteiger partial charge in [-0.2, -0.15) is 5.10 Å². The molecule has 3 aromatic rings. The number of pyridine rings is 1. The summed E-state index contributed by atoms with van der Waals surface area (Å²) in [5.41, 5.74) is 4.64. The van der Waals surface area contributed by atoms with E-state index in [0.717, 1.165) is 39.3 Å². The van der Waals surface area contributed by atoms with E-state index in [1.165, 1.54) is 0 Å². The first-order valence-electron chi connectivity index (χ1n) is 10.1. The zero-order valence-electron chi connectivity index (χ0n) is 16.7. The Balaban J connectivity index is 1.72. The van der Waals surface area contributed by atoms with E-state index in [9.17, 15) is 4.79 Å². The van der Waals surface area contributed by atoms with Crippen LogP contribution in [-0.4, -0.2) is 34.0 Å². The Morgan fingerprint density at radius 2 is 2.27 bits per heavy atom. The van der Waals surface area contributed by atoms with Crippen molar-refractivity contribution in [2.75, 3.05) is 13.6 Å². The monoisotopic (exact) mass is 368 g/mol. The van der Waals surface area contributed by atoms with Gasteiger partial charge in [-0.25, -0.2) is 4.52 Å². The number of fused-ring (bicyclic) bond motifs is 11.